The Morgan fingerprint density at radius 3 is 2.71 bits per heavy atom. The minimum absolute atomic E-state index is 0.0665. The second-order valence-electron chi connectivity index (χ2n) is 5.02. The van der Waals surface area contributed by atoms with E-state index in [0.717, 1.165) is 6.42 Å². The second-order valence-corrected chi connectivity index (χ2v) is 9.22. The molecule has 1 aliphatic heterocycles. The zero-order chi connectivity index (χ0) is 15.0. The third-order valence-corrected chi connectivity index (χ3v) is 7.73. The number of rotatable bonds is 3. The normalized spacial score (nSPS) is 17.7. The van der Waals surface area contributed by atoms with Crippen LogP contribution in [0.25, 0.3) is 0 Å². The summed E-state index contributed by atoms with van der Waals surface area (Å²) in [4.78, 5) is 1.50. The second kappa shape index (κ2) is 5.66. The first-order valence-corrected chi connectivity index (χ1v) is 9.80. The molecule has 0 radical (unpaired) electrons. The Labute approximate surface area is 137 Å². The molecule has 21 heavy (non-hydrogen) atoms. The molecular weight excluding hydrogens is 370 g/mol. The van der Waals surface area contributed by atoms with Crippen molar-refractivity contribution < 1.29 is 8.42 Å². The first-order valence-electron chi connectivity index (χ1n) is 6.48. The van der Waals surface area contributed by atoms with Crippen LogP contribution in [0.2, 0.25) is 0 Å². The predicted octanol–water partition coefficient (Wildman–Crippen LogP) is 3.52. The fourth-order valence-corrected chi connectivity index (χ4v) is 6.90. The number of hydrogen-bond acceptors (Lipinski definition) is 4. The van der Waals surface area contributed by atoms with Crippen molar-refractivity contribution in [2.45, 2.75) is 21.5 Å². The van der Waals surface area contributed by atoms with E-state index in [9.17, 15) is 8.42 Å². The van der Waals surface area contributed by atoms with Crippen LogP contribution < -0.4 is 5.73 Å². The Kier molecular flexibility index (Phi) is 4.03. The molecule has 0 fully saturated rings. The third-order valence-electron chi connectivity index (χ3n) is 3.41. The van der Waals surface area contributed by atoms with Crippen molar-refractivity contribution in [1.29, 1.82) is 0 Å². The first kappa shape index (κ1) is 14.9. The lowest BCUT2D eigenvalue weighted by atomic mass is 10.1. The van der Waals surface area contributed by atoms with Crippen molar-refractivity contribution in [1.82, 2.24) is 0 Å². The molecule has 0 spiro atoms. The lowest BCUT2D eigenvalue weighted by Crippen LogP contribution is -2.18. The minimum atomic E-state index is -3.33. The SMILES string of the molecule is Nc1ccc(S(=O)(=O)CC2Cc3ccccc3S2)c(Br)c1. The minimum Gasteiger partial charge on any atom is -0.399 e. The highest BCUT2D eigenvalue weighted by Gasteiger charge is 2.28. The standard InChI is InChI=1S/C15H14BrNO2S2/c16-13-8-11(17)5-6-15(13)21(18,19)9-12-7-10-3-1-2-4-14(10)20-12/h1-6,8,12H,7,9,17H2. The number of nitrogens with two attached hydrogens (primary N) is 1. The van der Waals surface area contributed by atoms with Gasteiger partial charge in [0.2, 0.25) is 0 Å². The van der Waals surface area contributed by atoms with E-state index < -0.39 is 9.84 Å². The van der Waals surface area contributed by atoms with Gasteiger partial charge in [0.15, 0.2) is 9.84 Å². The summed E-state index contributed by atoms with van der Waals surface area (Å²) in [7, 11) is -3.33. The molecule has 3 rings (SSSR count). The van der Waals surface area contributed by atoms with Gasteiger partial charge in [-0.25, -0.2) is 8.42 Å². The van der Waals surface area contributed by atoms with Gasteiger partial charge in [0.05, 0.1) is 10.6 Å². The maximum absolute atomic E-state index is 12.6. The molecule has 2 N–H and O–H groups in total. The highest BCUT2D eigenvalue weighted by Crippen LogP contribution is 2.38. The zero-order valence-electron chi connectivity index (χ0n) is 11.1. The molecule has 110 valence electrons. The third kappa shape index (κ3) is 3.12. The smallest absolute Gasteiger partial charge is 0.180 e. The highest BCUT2D eigenvalue weighted by atomic mass is 79.9. The van der Waals surface area contributed by atoms with Gasteiger partial charge in [0.1, 0.15) is 0 Å². The molecule has 6 heteroatoms. The number of hydrogen-bond donors (Lipinski definition) is 1. The van der Waals surface area contributed by atoms with Crippen molar-refractivity contribution in [3.63, 3.8) is 0 Å². The van der Waals surface area contributed by atoms with E-state index in [-0.39, 0.29) is 11.0 Å². The van der Waals surface area contributed by atoms with Crippen LogP contribution in [0.1, 0.15) is 5.56 Å². The largest absolute Gasteiger partial charge is 0.399 e. The molecule has 0 aliphatic carbocycles. The van der Waals surface area contributed by atoms with Gasteiger partial charge in [0, 0.05) is 20.3 Å². The van der Waals surface area contributed by atoms with Crippen LogP contribution in [0.5, 0.6) is 0 Å². The molecular formula is C15H14BrNO2S2. The van der Waals surface area contributed by atoms with Crippen molar-refractivity contribution >= 4 is 43.2 Å². The topological polar surface area (TPSA) is 60.2 Å². The maximum atomic E-state index is 12.6. The quantitative estimate of drug-likeness (QED) is 0.823. The molecule has 0 bridgehead atoms. The fraction of sp³-hybridized carbons (Fsp3) is 0.200. The Morgan fingerprint density at radius 1 is 1.24 bits per heavy atom. The van der Waals surface area contributed by atoms with E-state index in [1.165, 1.54) is 10.5 Å². The Balaban J connectivity index is 1.82. The van der Waals surface area contributed by atoms with Gasteiger partial charge in [-0.1, -0.05) is 18.2 Å². The summed E-state index contributed by atoms with van der Waals surface area (Å²) in [5.41, 5.74) is 7.44. The molecule has 1 unspecified atom stereocenters. The van der Waals surface area contributed by atoms with Crippen LogP contribution in [0.4, 0.5) is 5.69 Å². The highest BCUT2D eigenvalue weighted by molar-refractivity contribution is 9.10. The molecule has 1 atom stereocenters. The summed E-state index contributed by atoms with van der Waals surface area (Å²) in [6.45, 7) is 0. The molecule has 0 amide bonds. The molecule has 0 saturated carbocycles. The summed E-state index contributed by atoms with van der Waals surface area (Å²) in [6.07, 6.45) is 0.798. The molecule has 0 saturated heterocycles. The van der Waals surface area contributed by atoms with Gasteiger partial charge >= 0.3 is 0 Å². The van der Waals surface area contributed by atoms with Crippen LogP contribution in [0.3, 0.4) is 0 Å². The zero-order valence-corrected chi connectivity index (χ0v) is 14.3. The van der Waals surface area contributed by atoms with Crippen molar-refractivity contribution in [3.05, 3.63) is 52.5 Å². The van der Waals surface area contributed by atoms with E-state index in [1.807, 2.05) is 18.2 Å². The predicted molar refractivity (Wildman–Crippen MR) is 90.4 cm³/mol. The van der Waals surface area contributed by atoms with Gasteiger partial charge < -0.3 is 5.73 Å². The molecule has 1 heterocycles. The summed E-state index contributed by atoms with van der Waals surface area (Å²) in [5, 5.41) is 0.0665. The van der Waals surface area contributed by atoms with Gasteiger partial charge in [-0.15, -0.1) is 11.8 Å². The van der Waals surface area contributed by atoms with Gasteiger partial charge in [-0.05, 0) is 52.2 Å². The van der Waals surface area contributed by atoms with Crippen LogP contribution in [-0.4, -0.2) is 19.4 Å². The Bertz CT molecular complexity index is 765. The number of anilines is 1. The van der Waals surface area contributed by atoms with Crippen molar-refractivity contribution in [3.8, 4) is 0 Å². The van der Waals surface area contributed by atoms with E-state index in [1.54, 1.807) is 30.0 Å². The monoisotopic (exact) mass is 383 g/mol. The number of sulfone groups is 1. The van der Waals surface area contributed by atoms with Crippen LogP contribution in [-0.2, 0) is 16.3 Å². The Morgan fingerprint density at radius 2 is 2.00 bits per heavy atom. The van der Waals surface area contributed by atoms with Crippen LogP contribution in [0.15, 0.2) is 56.7 Å². The molecule has 1 aliphatic rings. The number of thioether (sulfide) groups is 1. The van der Waals surface area contributed by atoms with E-state index in [0.29, 0.717) is 15.1 Å². The number of nitrogen functional groups attached to an aromatic ring is 1. The van der Waals surface area contributed by atoms with Gasteiger partial charge in [0.25, 0.3) is 0 Å². The average Bonchev–Trinajstić information content (AvgIpc) is 2.79. The molecule has 2 aromatic rings. The van der Waals surface area contributed by atoms with Crippen molar-refractivity contribution in [2.24, 2.45) is 0 Å². The van der Waals surface area contributed by atoms with E-state index in [4.69, 9.17) is 5.73 Å². The molecule has 3 nitrogen and oxygen atoms in total. The fourth-order valence-electron chi connectivity index (χ4n) is 2.45. The number of benzene rings is 2. The molecule has 2 aromatic carbocycles. The van der Waals surface area contributed by atoms with Gasteiger partial charge in [-0.3, -0.25) is 0 Å². The summed E-state index contributed by atoms with van der Waals surface area (Å²) >= 11 is 4.94. The number of fused-ring (bicyclic) bond motifs is 1. The maximum Gasteiger partial charge on any atom is 0.180 e. The van der Waals surface area contributed by atoms with Crippen molar-refractivity contribution in [2.75, 3.05) is 11.5 Å². The summed E-state index contributed by atoms with van der Waals surface area (Å²) in [6, 6.07) is 12.9. The van der Waals surface area contributed by atoms with E-state index in [2.05, 4.69) is 22.0 Å². The lowest BCUT2D eigenvalue weighted by molar-refractivity contribution is 0.594. The van der Waals surface area contributed by atoms with Crippen LogP contribution in [0, 0.1) is 0 Å². The lowest BCUT2D eigenvalue weighted by Gasteiger charge is -2.11. The Hall–Kier alpha value is -0.980. The summed E-state index contributed by atoms with van der Waals surface area (Å²) in [5.74, 6) is 0.134. The molecule has 0 aromatic heterocycles. The van der Waals surface area contributed by atoms with E-state index >= 15 is 0 Å². The van der Waals surface area contributed by atoms with Gasteiger partial charge in [-0.2, -0.15) is 0 Å². The summed E-state index contributed by atoms with van der Waals surface area (Å²) < 4.78 is 25.7. The average molecular weight is 384 g/mol. The van der Waals surface area contributed by atoms with Crippen LogP contribution >= 0.6 is 27.7 Å². The first-order chi connectivity index (χ1) is 9.95. The number of halogens is 1.